The second kappa shape index (κ2) is 12.1. The van der Waals surface area contributed by atoms with Crippen LogP contribution in [0.1, 0.15) is 87.5 Å². The third-order valence-corrected chi connectivity index (χ3v) is 9.17. The van der Waals surface area contributed by atoms with Crippen LogP contribution < -0.4 is 16.0 Å². The summed E-state index contributed by atoms with van der Waals surface area (Å²) in [6.45, 7) is 19.9. The lowest BCUT2D eigenvalue weighted by molar-refractivity contribution is -0.145. The highest BCUT2D eigenvalue weighted by Crippen LogP contribution is 2.65. The highest BCUT2D eigenvalue weighted by atomic mass is 16.6. The van der Waals surface area contributed by atoms with E-state index in [-0.39, 0.29) is 41.2 Å². The Balaban J connectivity index is 1.78. The van der Waals surface area contributed by atoms with Crippen LogP contribution in [0, 0.1) is 28.1 Å². The molecule has 6 atom stereocenters. The van der Waals surface area contributed by atoms with Crippen molar-refractivity contribution in [3.8, 4) is 0 Å². The largest absolute Gasteiger partial charge is 0.446 e. The molecule has 3 fully saturated rings. The SMILES string of the molecule is C=CCNC(=O)C(=O)C(CCC)NC(=O)C1C2C(CN1C(=O)C(NC(=O)OC1CCC(C)(C)C1)C(C)(C)C)C2(C)C. The molecule has 0 aromatic heterocycles. The number of carbonyl (C=O) groups is 5. The zero-order valence-electron chi connectivity index (χ0n) is 26.1. The van der Waals surface area contributed by atoms with Crippen LogP contribution in [0.4, 0.5) is 4.79 Å². The van der Waals surface area contributed by atoms with Crippen molar-refractivity contribution in [2.75, 3.05) is 13.1 Å². The van der Waals surface area contributed by atoms with Crippen LogP contribution in [0.2, 0.25) is 0 Å². The molecule has 4 amide bonds. The van der Waals surface area contributed by atoms with Gasteiger partial charge in [0.25, 0.3) is 5.91 Å². The van der Waals surface area contributed by atoms with E-state index >= 15 is 0 Å². The van der Waals surface area contributed by atoms with Gasteiger partial charge < -0.3 is 25.6 Å². The van der Waals surface area contributed by atoms with Crippen LogP contribution >= 0.6 is 0 Å². The second-order valence-corrected chi connectivity index (χ2v) is 14.5. The molecule has 1 aliphatic heterocycles. The molecule has 3 rings (SSSR count). The van der Waals surface area contributed by atoms with Crippen molar-refractivity contribution in [3.05, 3.63) is 12.7 Å². The van der Waals surface area contributed by atoms with E-state index in [9.17, 15) is 24.0 Å². The summed E-state index contributed by atoms with van der Waals surface area (Å²) >= 11 is 0. The van der Waals surface area contributed by atoms with Crippen LogP contribution in [0.25, 0.3) is 0 Å². The lowest BCUT2D eigenvalue weighted by Crippen LogP contribution is -2.60. The number of ketones is 1. The topological polar surface area (TPSA) is 134 Å². The van der Waals surface area contributed by atoms with Gasteiger partial charge in [-0.25, -0.2) is 4.79 Å². The maximum atomic E-state index is 14.1. The summed E-state index contributed by atoms with van der Waals surface area (Å²) in [6.07, 6.45) is 4.02. The van der Waals surface area contributed by atoms with Gasteiger partial charge >= 0.3 is 6.09 Å². The molecule has 41 heavy (non-hydrogen) atoms. The minimum absolute atomic E-state index is 0.0910. The average Bonchev–Trinajstić information content (AvgIpc) is 3.19. The van der Waals surface area contributed by atoms with Gasteiger partial charge in [0.1, 0.15) is 18.2 Å². The summed E-state index contributed by atoms with van der Waals surface area (Å²) in [5.41, 5.74) is -0.695. The van der Waals surface area contributed by atoms with Crippen molar-refractivity contribution >= 4 is 29.6 Å². The van der Waals surface area contributed by atoms with Crippen molar-refractivity contribution in [1.82, 2.24) is 20.9 Å². The number of fused-ring (bicyclic) bond motifs is 1. The van der Waals surface area contributed by atoms with Crippen LogP contribution in [-0.4, -0.2) is 71.8 Å². The lowest BCUT2D eigenvalue weighted by Gasteiger charge is -2.37. The number of nitrogens with zero attached hydrogens (tertiary/aromatic N) is 1. The summed E-state index contributed by atoms with van der Waals surface area (Å²) in [4.78, 5) is 67.6. The summed E-state index contributed by atoms with van der Waals surface area (Å²) in [5, 5.41) is 8.08. The highest BCUT2D eigenvalue weighted by molar-refractivity contribution is 6.38. The zero-order valence-corrected chi connectivity index (χ0v) is 26.1. The van der Waals surface area contributed by atoms with E-state index in [1.54, 1.807) is 4.90 Å². The fourth-order valence-corrected chi connectivity index (χ4v) is 6.63. The number of likely N-dealkylation sites (tertiary alicyclic amines) is 1. The molecule has 2 aliphatic carbocycles. The number of nitrogens with one attached hydrogen (secondary N) is 3. The van der Waals surface area contributed by atoms with Crippen molar-refractivity contribution < 1.29 is 28.7 Å². The molecular weight excluding hydrogens is 524 g/mol. The number of hydrogen-bond acceptors (Lipinski definition) is 6. The van der Waals surface area contributed by atoms with E-state index in [0.29, 0.717) is 19.4 Å². The van der Waals surface area contributed by atoms with Crippen molar-refractivity contribution in [2.45, 2.75) is 112 Å². The molecule has 0 aromatic carbocycles. The summed E-state index contributed by atoms with van der Waals surface area (Å²) in [6, 6.07) is -2.74. The number of carbonyl (C=O) groups excluding carboxylic acids is 5. The van der Waals surface area contributed by atoms with E-state index in [0.717, 1.165) is 19.3 Å². The van der Waals surface area contributed by atoms with Gasteiger partial charge in [0, 0.05) is 13.1 Å². The Morgan fingerprint density at radius 1 is 1.10 bits per heavy atom. The molecule has 2 saturated carbocycles. The normalized spacial score (nSPS) is 27.2. The fourth-order valence-electron chi connectivity index (χ4n) is 6.63. The Morgan fingerprint density at radius 3 is 2.29 bits per heavy atom. The minimum Gasteiger partial charge on any atom is -0.446 e. The molecule has 3 N–H and O–H groups in total. The van der Waals surface area contributed by atoms with Crippen LogP contribution in [0.15, 0.2) is 12.7 Å². The number of alkyl carbamates (subject to hydrolysis) is 1. The molecular formula is C31H50N4O6. The van der Waals surface area contributed by atoms with E-state index in [2.05, 4.69) is 50.2 Å². The molecule has 1 heterocycles. The minimum atomic E-state index is -1.00. The Kier molecular flexibility index (Phi) is 9.65. The maximum Gasteiger partial charge on any atom is 0.408 e. The van der Waals surface area contributed by atoms with Gasteiger partial charge in [-0.05, 0) is 53.8 Å². The van der Waals surface area contributed by atoms with Gasteiger partial charge in [-0.2, -0.15) is 0 Å². The summed E-state index contributed by atoms with van der Waals surface area (Å²) < 4.78 is 5.70. The molecule has 3 aliphatic rings. The molecule has 0 bridgehead atoms. The highest BCUT2D eigenvalue weighted by Gasteiger charge is 2.70. The first-order valence-corrected chi connectivity index (χ1v) is 15.0. The molecule has 1 saturated heterocycles. The van der Waals surface area contributed by atoms with Gasteiger partial charge in [-0.15, -0.1) is 6.58 Å². The number of Topliss-reactive ketones (excluding diaryl/α,β-unsaturated/α-hetero) is 1. The number of piperidine rings is 1. The zero-order chi connectivity index (χ0) is 30.9. The smallest absolute Gasteiger partial charge is 0.408 e. The van der Waals surface area contributed by atoms with E-state index in [1.807, 2.05) is 27.7 Å². The van der Waals surface area contributed by atoms with E-state index in [1.165, 1.54) is 6.08 Å². The quantitative estimate of drug-likeness (QED) is 0.256. The molecule has 230 valence electrons. The summed E-state index contributed by atoms with van der Waals surface area (Å²) in [7, 11) is 0. The van der Waals surface area contributed by atoms with Crippen LogP contribution in [0.3, 0.4) is 0 Å². The fraction of sp³-hybridized carbons (Fsp3) is 0.774. The standard InChI is InChI=1S/C31H50N4O6/c1-10-12-20(23(36)26(38)32-15-11-2)33-25(37)22-21-19(31(21,8)9)17-35(22)27(39)24(29(3,4)5)34-28(40)41-18-13-14-30(6,7)16-18/h11,18-22,24H,2,10,12-17H2,1,3-9H3,(H,32,38)(H,33,37)(H,34,40). The third kappa shape index (κ3) is 7.30. The molecule has 0 aromatic rings. The molecule has 0 spiro atoms. The number of rotatable bonds is 11. The average molecular weight is 575 g/mol. The Hall–Kier alpha value is -2.91. The molecule has 0 radical (unpaired) electrons. The van der Waals surface area contributed by atoms with Crippen molar-refractivity contribution in [2.24, 2.45) is 28.1 Å². The maximum absolute atomic E-state index is 14.1. The first-order chi connectivity index (χ1) is 18.9. The van der Waals surface area contributed by atoms with E-state index in [4.69, 9.17) is 4.74 Å². The lowest BCUT2D eigenvalue weighted by atomic mass is 9.85. The number of amides is 4. The Bertz CT molecular complexity index is 1060. The van der Waals surface area contributed by atoms with Crippen LogP contribution in [-0.2, 0) is 23.9 Å². The first kappa shape index (κ1) is 32.6. The van der Waals surface area contributed by atoms with E-state index < -0.39 is 47.2 Å². The summed E-state index contributed by atoms with van der Waals surface area (Å²) in [5.74, 6) is -2.29. The first-order valence-electron chi connectivity index (χ1n) is 15.0. The number of ether oxygens (including phenoxy) is 1. The Morgan fingerprint density at radius 2 is 1.76 bits per heavy atom. The Labute approximate surface area is 244 Å². The predicted molar refractivity (Wildman–Crippen MR) is 156 cm³/mol. The molecule has 6 unspecified atom stereocenters. The molecule has 10 heteroatoms. The van der Waals surface area contributed by atoms with Crippen LogP contribution in [0.5, 0.6) is 0 Å². The van der Waals surface area contributed by atoms with Gasteiger partial charge in [0.05, 0.1) is 6.04 Å². The molecule has 10 nitrogen and oxygen atoms in total. The van der Waals surface area contributed by atoms with Gasteiger partial charge in [0.15, 0.2) is 0 Å². The third-order valence-electron chi connectivity index (χ3n) is 9.17. The van der Waals surface area contributed by atoms with Crippen molar-refractivity contribution in [3.63, 3.8) is 0 Å². The predicted octanol–water partition coefficient (Wildman–Crippen LogP) is 3.35. The van der Waals surface area contributed by atoms with Crippen molar-refractivity contribution in [1.29, 1.82) is 0 Å². The second-order valence-electron chi connectivity index (χ2n) is 14.5. The monoisotopic (exact) mass is 574 g/mol. The number of hydrogen-bond donors (Lipinski definition) is 3. The van der Waals surface area contributed by atoms with Gasteiger partial charge in [-0.1, -0.05) is 67.9 Å². The van der Waals surface area contributed by atoms with Gasteiger partial charge in [0.2, 0.25) is 17.6 Å². The van der Waals surface area contributed by atoms with Gasteiger partial charge in [-0.3, -0.25) is 19.2 Å².